The molecular weight excluding hydrogens is 265 g/mol. The molecule has 0 spiro atoms. The van der Waals surface area contributed by atoms with Gasteiger partial charge in [-0.15, -0.1) is 0 Å². The molecule has 2 aliphatic rings. The molecule has 1 N–H and O–H groups in total. The minimum atomic E-state index is -0.129. The number of rotatable bonds is 6. The highest BCUT2D eigenvalue weighted by atomic mass is 19.1. The topological polar surface area (TPSA) is 18.5 Å². The first-order valence-electron chi connectivity index (χ1n) is 8.02. The van der Waals surface area contributed by atoms with E-state index in [0.717, 1.165) is 30.9 Å². The van der Waals surface area contributed by atoms with E-state index in [1.807, 2.05) is 0 Å². The van der Waals surface area contributed by atoms with Crippen molar-refractivity contribution in [1.29, 1.82) is 0 Å². The summed E-state index contributed by atoms with van der Waals surface area (Å²) in [6.45, 7) is 4.10. The molecular formula is C17H26FN3. The zero-order valence-corrected chi connectivity index (χ0v) is 13.1. The summed E-state index contributed by atoms with van der Waals surface area (Å²) in [4.78, 5) is 4.57. The molecule has 3 rings (SSSR count). The van der Waals surface area contributed by atoms with Gasteiger partial charge in [0.2, 0.25) is 0 Å². The number of halogens is 1. The lowest BCUT2D eigenvalue weighted by atomic mass is 10.1. The fourth-order valence-electron chi connectivity index (χ4n) is 3.17. The molecule has 116 valence electrons. The molecule has 21 heavy (non-hydrogen) atoms. The maximum atomic E-state index is 13.8. The Morgan fingerprint density at radius 3 is 2.76 bits per heavy atom. The second-order valence-electron chi connectivity index (χ2n) is 6.77. The van der Waals surface area contributed by atoms with E-state index >= 15 is 0 Å². The van der Waals surface area contributed by atoms with E-state index < -0.39 is 0 Å². The Morgan fingerprint density at radius 2 is 2.10 bits per heavy atom. The molecule has 0 amide bonds. The second-order valence-corrected chi connectivity index (χ2v) is 6.77. The highest BCUT2D eigenvalue weighted by molar-refractivity contribution is 5.48. The van der Waals surface area contributed by atoms with Gasteiger partial charge >= 0.3 is 0 Å². The lowest BCUT2D eigenvalue weighted by Gasteiger charge is -2.24. The number of benzene rings is 1. The van der Waals surface area contributed by atoms with Gasteiger partial charge in [0, 0.05) is 38.4 Å². The largest absolute Gasteiger partial charge is 0.374 e. The van der Waals surface area contributed by atoms with Crippen molar-refractivity contribution in [2.45, 2.75) is 31.8 Å². The number of nitrogens with one attached hydrogen (secondary N) is 1. The summed E-state index contributed by atoms with van der Waals surface area (Å²) in [5, 5.41) is 3.45. The standard InChI is InChI=1S/C17H26FN3/c1-20-6-5-13(11-20)12-21(2)17-8-14(7-15(18)9-17)10-19-16-3-4-16/h7-9,13,16,19H,3-6,10-12H2,1-2H3. The molecule has 1 saturated heterocycles. The van der Waals surface area contributed by atoms with Crippen LogP contribution in [-0.2, 0) is 6.54 Å². The molecule has 0 aromatic heterocycles. The fraction of sp³-hybridized carbons (Fsp3) is 0.647. The fourth-order valence-corrected chi connectivity index (χ4v) is 3.17. The molecule has 1 atom stereocenters. The number of nitrogens with zero attached hydrogens (tertiary/aromatic N) is 2. The van der Waals surface area contributed by atoms with Crippen LogP contribution < -0.4 is 10.2 Å². The van der Waals surface area contributed by atoms with Gasteiger partial charge < -0.3 is 15.1 Å². The van der Waals surface area contributed by atoms with Crippen molar-refractivity contribution in [2.75, 3.05) is 38.6 Å². The van der Waals surface area contributed by atoms with Crippen molar-refractivity contribution in [2.24, 2.45) is 5.92 Å². The Morgan fingerprint density at radius 1 is 1.29 bits per heavy atom. The third kappa shape index (κ3) is 4.17. The van der Waals surface area contributed by atoms with Gasteiger partial charge in [0.1, 0.15) is 5.82 Å². The van der Waals surface area contributed by atoms with Crippen LogP contribution in [0.4, 0.5) is 10.1 Å². The molecule has 1 aliphatic heterocycles. The predicted molar refractivity (Wildman–Crippen MR) is 85.1 cm³/mol. The van der Waals surface area contributed by atoms with Crippen LogP contribution in [0.25, 0.3) is 0 Å². The van der Waals surface area contributed by atoms with Crippen LogP contribution in [0, 0.1) is 11.7 Å². The van der Waals surface area contributed by atoms with E-state index in [0.29, 0.717) is 12.0 Å². The lowest BCUT2D eigenvalue weighted by Crippen LogP contribution is -2.27. The quantitative estimate of drug-likeness (QED) is 0.868. The van der Waals surface area contributed by atoms with Gasteiger partial charge in [-0.05, 0) is 62.5 Å². The van der Waals surface area contributed by atoms with Crippen molar-refractivity contribution in [1.82, 2.24) is 10.2 Å². The third-order valence-corrected chi connectivity index (χ3v) is 4.58. The summed E-state index contributed by atoms with van der Waals surface area (Å²) < 4.78 is 13.8. The van der Waals surface area contributed by atoms with Crippen LogP contribution in [-0.4, -0.2) is 44.7 Å². The van der Waals surface area contributed by atoms with E-state index in [2.05, 4.69) is 35.3 Å². The van der Waals surface area contributed by atoms with Crippen molar-refractivity contribution >= 4 is 5.69 Å². The Kier molecular flexibility index (Phi) is 4.45. The molecule has 1 aromatic carbocycles. The molecule has 0 bridgehead atoms. The zero-order valence-electron chi connectivity index (χ0n) is 13.1. The van der Waals surface area contributed by atoms with E-state index in [1.165, 1.54) is 25.8 Å². The average Bonchev–Trinajstić information content (AvgIpc) is 3.19. The van der Waals surface area contributed by atoms with Crippen LogP contribution in [0.1, 0.15) is 24.8 Å². The summed E-state index contributed by atoms with van der Waals surface area (Å²) in [5.74, 6) is 0.562. The van der Waals surface area contributed by atoms with Crippen LogP contribution in [0.15, 0.2) is 18.2 Å². The predicted octanol–water partition coefficient (Wildman–Crippen LogP) is 2.47. The number of likely N-dealkylation sites (tertiary alicyclic amines) is 1. The molecule has 1 unspecified atom stereocenters. The molecule has 1 heterocycles. The van der Waals surface area contributed by atoms with Gasteiger partial charge in [0.15, 0.2) is 0 Å². The number of hydrogen-bond acceptors (Lipinski definition) is 3. The first-order chi connectivity index (χ1) is 10.1. The van der Waals surface area contributed by atoms with Crippen molar-refractivity contribution < 1.29 is 4.39 Å². The molecule has 4 heteroatoms. The maximum absolute atomic E-state index is 13.8. The van der Waals surface area contributed by atoms with Gasteiger partial charge in [0.05, 0.1) is 0 Å². The molecule has 0 radical (unpaired) electrons. The molecule has 1 aromatic rings. The first-order valence-corrected chi connectivity index (χ1v) is 8.02. The molecule has 2 fully saturated rings. The van der Waals surface area contributed by atoms with Crippen molar-refractivity contribution in [3.63, 3.8) is 0 Å². The summed E-state index contributed by atoms with van der Waals surface area (Å²) in [7, 11) is 4.25. The third-order valence-electron chi connectivity index (χ3n) is 4.58. The zero-order chi connectivity index (χ0) is 14.8. The van der Waals surface area contributed by atoms with E-state index in [9.17, 15) is 4.39 Å². The Labute approximate surface area is 127 Å². The summed E-state index contributed by atoms with van der Waals surface area (Å²) in [6.07, 6.45) is 3.76. The summed E-state index contributed by atoms with van der Waals surface area (Å²) in [6, 6.07) is 6.08. The second kappa shape index (κ2) is 6.32. The van der Waals surface area contributed by atoms with Crippen molar-refractivity contribution in [3.8, 4) is 0 Å². The van der Waals surface area contributed by atoms with Crippen LogP contribution in [0.3, 0.4) is 0 Å². The normalized spacial score (nSPS) is 22.7. The lowest BCUT2D eigenvalue weighted by molar-refractivity contribution is 0.396. The van der Waals surface area contributed by atoms with Gasteiger partial charge in [-0.25, -0.2) is 4.39 Å². The van der Waals surface area contributed by atoms with Crippen molar-refractivity contribution in [3.05, 3.63) is 29.6 Å². The van der Waals surface area contributed by atoms with E-state index in [1.54, 1.807) is 12.1 Å². The highest BCUT2D eigenvalue weighted by Crippen LogP contribution is 2.23. The first kappa shape index (κ1) is 14.8. The van der Waals surface area contributed by atoms with Crippen LogP contribution >= 0.6 is 0 Å². The summed E-state index contributed by atoms with van der Waals surface area (Å²) in [5.41, 5.74) is 2.05. The summed E-state index contributed by atoms with van der Waals surface area (Å²) >= 11 is 0. The van der Waals surface area contributed by atoms with Gasteiger partial charge in [0.25, 0.3) is 0 Å². The van der Waals surface area contributed by atoms with E-state index in [-0.39, 0.29) is 5.82 Å². The van der Waals surface area contributed by atoms with Crippen LogP contribution in [0.2, 0.25) is 0 Å². The smallest absolute Gasteiger partial charge is 0.125 e. The monoisotopic (exact) mass is 291 g/mol. The SMILES string of the molecule is CN1CCC(CN(C)c2cc(F)cc(CNC3CC3)c2)C1. The number of anilines is 1. The van der Waals surface area contributed by atoms with E-state index in [4.69, 9.17) is 0 Å². The number of hydrogen-bond donors (Lipinski definition) is 1. The average molecular weight is 291 g/mol. The van der Waals surface area contributed by atoms with Gasteiger partial charge in [-0.1, -0.05) is 0 Å². The minimum Gasteiger partial charge on any atom is -0.374 e. The van der Waals surface area contributed by atoms with Gasteiger partial charge in [-0.2, -0.15) is 0 Å². The van der Waals surface area contributed by atoms with Gasteiger partial charge in [-0.3, -0.25) is 0 Å². The molecule has 3 nitrogen and oxygen atoms in total. The van der Waals surface area contributed by atoms with Crippen LogP contribution in [0.5, 0.6) is 0 Å². The highest BCUT2D eigenvalue weighted by Gasteiger charge is 2.22. The molecule has 1 aliphatic carbocycles. The molecule has 1 saturated carbocycles. The Bertz CT molecular complexity index is 487. The minimum absolute atomic E-state index is 0.129. The Hall–Kier alpha value is -1.13. The Balaban J connectivity index is 1.62. The maximum Gasteiger partial charge on any atom is 0.125 e.